The Bertz CT molecular complexity index is 275. The summed E-state index contributed by atoms with van der Waals surface area (Å²) in [6.45, 7) is 4.00. The van der Waals surface area contributed by atoms with Crippen molar-refractivity contribution in [2.45, 2.75) is 13.8 Å². The highest BCUT2D eigenvalue weighted by atomic mass is 14.8. The molecule has 0 amide bonds. The number of nitrogens with two attached hydrogens (primary N) is 3. The van der Waals surface area contributed by atoms with E-state index in [2.05, 4.69) is 0 Å². The predicted octanol–water partition coefficient (Wildman–Crippen LogP) is 1.51. The molecule has 13 heavy (non-hydrogen) atoms. The minimum atomic E-state index is 0.267. The Labute approximate surface area is 79.2 Å². The van der Waals surface area contributed by atoms with Crippen LogP contribution >= 0.6 is 0 Å². The van der Waals surface area contributed by atoms with E-state index in [-0.39, 0.29) is 5.82 Å². The van der Waals surface area contributed by atoms with Gasteiger partial charge in [0.2, 0.25) is 0 Å². The number of anilines is 1. The summed E-state index contributed by atoms with van der Waals surface area (Å²) in [6, 6.07) is 7.40. The molecule has 3 nitrogen and oxygen atoms in total. The van der Waals surface area contributed by atoms with Crippen molar-refractivity contribution >= 4 is 11.8 Å². The van der Waals surface area contributed by atoms with Gasteiger partial charge in [-0.3, -0.25) is 0 Å². The molecule has 0 saturated carbocycles. The van der Waals surface area contributed by atoms with Gasteiger partial charge < -0.3 is 17.2 Å². The molecule has 0 spiro atoms. The molecular weight excluding hydrogens is 162 g/mol. The van der Waals surface area contributed by atoms with E-state index in [1.807, 2.05) is 32.0 Å². The molecule has 1 aromatic carbocycles. The van der Waals surface area contributed by atoms with Gasteiger partial charge >= 0.3 is 0 Å². The van der Waals surface area contributed by atoms with Crippen molar-refractivity contribution in [2.24, 2.45) is 11.5 Å². The highest BCUT2D eigenvalue weighted by Crippen LogP contribution is 2.11. The van der Waals surface area contributed by atoms with Crippen LogP contribution in [0.4, 0.5) is 5.69 Å². The first-order chi connectivity index (χ1) is 6.20. The van der Waals surface area contributed by atoms with Crippen molar-refractivity contribution in [3.05, 3.63) is 35.6 Å². The van der Waals surface area contributed by atoms with Crippen molar-refractivity contribution in [1.82, 2.24) is 0 Å². The van der Waals surface area contributed by atoms with E-state index >= 15 is 0 Å². The molecule has 1 aromatic rings. The first-order valence-electron chi connectivity index (χ1n) is 4.27. The van der Waals surface area contributed by atoms with Crippen LogP contribution in [-0.2, 0) is 0 Å². The molecular formula is C10H17N3. The Hall–Kier alpha value is -1.64. The third-order valence-corrected chi connectivity index (χ3v) is 1.32. The lowest BCUT2D eigenvalue weighted by Crippen LogP contribution is -2.07. The highest BCUT2D eigenvalue weighted by Gasteiger charge is 1.91. The second kappa shape index (κ2) is 5.94. The summed E-state index contributed by atoms with van der Waals surface area (Å²) in [5.74, 6) is 0.267. The standard InChI is InChI=1S/C8H11N3.C2H6/c9-7-4-2-1-3-6(7)5-8(10)11;1-2/h1-5H,9-11H2;1-2H3. The van der Waals surface area contributed by atoms with E-state index in [1.54, 1.807) is 12.1 Å². The largest absolute Gasteiger partial charge is 0.398 e. The third kappa shape index (κ3) is 4.06. The molecule has 0 aliphatic heterocycles. The molecule has 6 N–H and O–H groups in total. The summed E-state index contributed by atoms with van der Waals surface area (Å²) >= 11 is 0. The van der Waals surface area contributed by atoms with Crippen LogP contribution in [0, 0.1) is 0 Å². The molecule has 1 rings (SSSR count). The van der Waals surface area contributed by atoms with Gasteiger partial charge in [-0.1, -0.05) is 32.0 Å². The van der Waals surface area contributed by atoms with Gasteiger partial charge in [-0.05, 0) is 12.1 Å². The van der Waals surface area contributed by atoms with Gasteiger partial charge in [-0.2, -0.15) is 0 Å². The molecule has 0 heterocycles. The SMILES string of the molecule is CC.NC(N)=Cc1ccccc1N. The van der Waals surface area contributed by atoms with Gasteiger partial charge in [0.25, 0.3) is 0 Å². The monoisotopic (exact) mass is 179 g/mol. The maximum Gasteiger partial charge on any atom is 0.0940 e. The predicted molar refractivity (Wildman–Crippen MR) is 58.6 cm³/mol. The van der Waals surface area contributed by atoms with Gasteiger partial charge in [0.05, 0.1) is 5.82 Å². The summed E-state index contributed by atoms with van der Waals surface area (Å²) in [7, 11) is 0. The van der Waals surface area contributed by atoms with Gasteiger partial charge in [-0.25, -0.2) is 0 Å². The fraction of sp³-hybridized carbons (Fsp3) is 0.200. The van der Waals surface area contributed by atoms with E-state index < -0.39 is 0 Å². The number of benzene rings is 1. The van der Waals surface area contributed by atoms with Crippen LogP contribution in [0.3, 0.4) is 0 Å². The first kappa shape index (κ1) is 11.4. The van der Waals surface area contributed by atoms with E-state index in [9.17, 15) is 0 Å². The molecule has 0 fully saturated rings. The Morgan fingerprint density at radius 1 is 1.15 bits per heavy atom. The number of hydrogen-bond donors (Lipinski definition) is 3. The first-order valence-corrected chi connectivity index (χ1v) is 4.27. The molecule has 0 aliphatic carbocycles. The van der Waals surface area contributed by atoms with E-state index in [0.717, 1.165) is 5.56 Å². The minimum Gasteiger partial charge on any atom is -0.398 e. The van der Waals surface area contributed by atoms with Crippen molar-refractivity contribution in [3.63, 3.8) is 0 Å². The van der Waals surface area contributed by atoms with Crippen LogP contribution in [0.1, 0.15) is 19.4 Å². The minimum absolute atomic E-state index is 0.267. The van der Waals surface area contributed by atoms with Gasteiger partial charge in [-0.15, -0.1) is 0 Å². The number of para-hydroxylation sites is 1. The zero-order valence-corrected chi connectivity index (χ0v) is 8.12. The Balaban J connectivity index is 0.000000671. The number of rotatable bonds is 1. The molecule has 0 atom stereocenters. The fourth-order valence-electron chi connectivity index (χ4n) is 0.822. The summed E-state index contributed by atoms with van der Waals surface area (Å²) in [5, 5.41) is 0. The summed E-state index contributed by atoms with van der Waals surface area (Å²) in [4.78, 5) is 0. The average molecular weight is 179 g/mol. The Morgan fingerprint density at radius 3 is 2.15 bits per heavy atom. The molecule has 0 radical (unpaired) electrons. The second-order valence-electron chi connectivity index (χ2n) is 2.27. The highest BCUT2D eigenvalue weighted by molar-refractivity contribution is 5.65. The molecule has 0 saturated heterocycles. The van der Waals surface area contributed by atoms with E-state index in [1.165, 1.54) is 0 Å². The summed E-state index contributed by atoms with van der Waals surface area (Å²) in [6.07, 6.45) is 1.63. The Morgan fingerprint density at radius 2 is 1.69 bits per heavy atom. The van der Waals surface area contributed by atoms with Crippen molar-refractivity contribution < 1.29 is 0 Å². The second-order valence-corrected chi connectivity index (χ2v) is 2.27. The van der Waals surface area contributed by atoms with Crippen LogP contribution < -0.4 is 17.2 Å². The lowest BCUT2D eigenvalue weighted by molar-refractivity contribution is 1.27. The Kier molecular flexibility index (Phi) is 5.19. The molecule has 0 unspecified atom stereocenters. The maximum atomic E-state index is 5.61. The van der Waals surface area contributed by atoms with Crippen LogP contribution in [0.25, 0.3) is 6.08 Å². The molecule has 0 aliphatic rings. The lowest BCUT2D eigenvalue weighted by Gasteiger charge is -1.98. The van der Waals surface area contributed by atoms with Crippen LogP contribution in [-0.4, -0.2) is 0 Å². The topological polar surface area (TPSA) is 78.1 Å². The van der Waals surface area contributed by atoms with E-state index in [4.69, 9.17) is 17.2 Å². The average Bonchev–Trinajstić information content (AvgIpc) is 2.12. The summed E-state index contributed by atoms with van der Waals surface area (Å²) in [5.41, 5.74) is 17.7. The van der Waals surface area contributed by atoms with Gasteiger partial charge in [0.1, 0.15) is 0 Å². The lowest BCUT2D eigenvalue weighted by atomic mass is 10.2. The van der Waals surface area contributed by atoms with Crippen molar-refractivity contribution in [1.29, 1.82) is 0 Å². The van der Waals surface area contributed by atoms with Crippen molar-refractivity contribution in [3.8, 4) is 0 Å². The molecule has 72 valence electrons. The van der Waals surface area contributed by atoms with Crippen LogP contribution in [0.5, 0.6) is 0 Å². The third-order valence-electron chi connectivity index (χ3n) is 1.32. The zero-order valence-electron chi connectivity index (χ0n) is 8.12. The smallest absolute Gasteiger partial charge is 0.0940 e. The molecule has 0 bridgehead atoms. The quantitative estimate of drug-likeness (QED) is 0.572. The van der Waals surface area contributed by atoms with Crippen LogP contribution in [0.15, 0.2) is 30.1 Å². The maximum absolute atomic E-state index is 5.61. The molecule has 3 heteroatoms. The normalized spacial score (nSPS) is 8.15. The van der Waals surface area contributed by atoms with Crippen LogP contribution in [0.2, 0.25) is 0 Å². The molecule has 0 aromatic heterocycles. The van der Waals surface area contributed by atoms with Crippen molar-refractivity contribution in [2.75, 3.05) is 5.73 Å². The zero-order chi connectivity index (χ0) is 10.3. The van der Waals surface area contributed by atoms with E-state index in [0.29, 0.717) is 5.69 Å². The summed E-state index contributed by atoms with van der Waals surface area (Å²) < 4.78 is 0. The van der Waals surface area contributed by atoms with Gasteiger partial charge in [0, 0.05) is 11.3 Å². The number of hydrogen-bond acceptors (Lipinski definition) is 3. The number of nitrogen functional groups attached to an aromatic ring is 1. The van der Waals surface area contributed by atoms with Gasteiger partial charge in [0.15, 0.2) is 0 Å². The fourth-order valence-corrected chi connectivity index (χ4v) is 0.822.